The SMILES string of the molecule is C=C(CC)CC(CSC)NN. The third-order valence-electron chi connectivity index (χ3n) is 1.64. The van der Waals surface area contributed by atoms with E-state index in [4.69, 9.17) is 5.84 Å². The van der Waals surface area contributed by atoms with Crippen molar-refractivity contribution in [2.75, 3.05) is 12.0 Å². The molecule has 1 atom stereocenters. The van der Waals surface area contributed by atoms with Gasteiger partial charge in [-0.2, -0.15) is 11.8 Å². The topological polar surface area (TPSA) is 38.0 Å². The first-order valence-corrected chi connectivity index (χ1v) is 5.25. The molecular weight excluding hydrogens is 156 g/mol. The molecule has 0 fully saturated rings. The van der Waals surface area contributed by atoms with Crippen LogP contribution in [0.1, 0.15) is 19.8 Å². The van der Waals surface area contributed by atoms with E-state index in [1.165, 1.54) is 5.57 Å². The van der Waals surface area contributed by atoms with Gasteiger partial charge < -0.3 is 0 Å². The van der Waals surface area contributed by atoms with Crippen LogP contribution in [-0.2, 0) is 0 Å². The van der Waals surface area contributed by atoms with Gasteiger partial charge in [0.15, 0.2) is 0 Å². The van der Waals surface area contributed by atoms with Crippen LogP contribution in [-0.4, -0.2) is 18.1 Å². The summed E-state index contributed by atoms with van der Waals surface area (Å²) in [5.74, 6) is 6.41. The second-order valence-electron chi connectivity index (χ2n) is 2.63. The largest absolute Gasteiger partial charge is 0.271 e. The minimum atomic E-state index is 0.387. The third kappa shape index (κ3) is 5.30. The molecule has 11 heavy (non-hydrogen) atoms. The predicted octanol–water partition coefficient (Wildman–Crippen LogP) is 1.54. The van der Waals surface area contributed by atoms with Crippen LogP contribution in [0.3, 0.4) is 0 Å². The molecule has 66 valence electrons. The molecule has 0 aromatic carbocycles. The van der Waals surface area contributed by atoms with Gasteiger partial charge in [-0.3, -0.25) is 11.3 Å². The number of hydrazine groups is 1. The van der Waals surface area contributed by atoms with Gasteiger partial charge in [0.25, 0.3) is 0 Å². The molecule has 0 rings (SSSR count). The van der Waals surface area contributed by atoms with Gasteiger partial charge in [-0.25, -0.2) is 0 Å². The second kappa shape index (κ2) is 6.70. The van der Waals surface area contributed by atoms with Gasteiger partial charge in [0, 0.05) is 11.8 Å². The average molecular weight is 174 g/mol. The van der Waals surface area contributed by atoms with Crippen LogP contribution in [0.2, 0.25) is 0 Å². The van der Waals surface area contributed by atoms with Gasteiger partial charge in [-0.1, -0.05) is 19.1 Å². The van der Waals surface area contributed by atoms with E-state index in [0.29, 0.717) is 6.04 Å². The van der Waals surface area contributed by atoms with Crippen molar-refractivity contribution in [3.8, 4) is 0 Å². The minimum absolute atomic E-state index is 0.387. The van der Waals surface area contributed by atoms with Crippen molar-refractivity contribution in [2.24, 2.45) is 5.84 Å². The highest BCUT2D eigenvalue weighted by molar-refractivity contribution is 7.98. The van der Waals surface area contributed by atoms with E-state index in [9.17, 15) is 0 Å². The molecule has 3 N–H and O–H groups in total. The molecule has 0 amide bonds. The summed E-state index contributed by atoms with van der Waals surface area (Å²) >= 11 is 1.80. The lowest BCUT2D eigenvalue weighted by Gasteiger charge is -2.14. The summed E-state index contributed by atoms with van der Waals surface area (Å²) in [4.78, 5) is 0. The Kier molecular flexibility index (Phi) is 6.71. The molecule has 0 aliphatic heterocycles. The lowest BCUT2D eigenvalue weighted by Crippen LogP contribution is -2.37. The number of hydrogen-bond acceptors (Lipinski definition) is 3. The van der Waals surface area contributed by atoms with Gasteiger partial charge in [0.2, 0.25) is 0 Å². The lowest BCUT2D eigenvalue weighted by molar-refractivity contribution is 0.568. The number of nitrogens with two attached hydrogens (primary N) is 1. The lowest BCUT2D eigenvalue weighted by atomic mass is 10.1. The summed E-state index contributed by atoms with van der Waals surface area (Å²) in [6.07, 6.45) is 4.12. The van der Waals surface area contributed by atoms with Crippen LogP contribution >= 0.6 is 11.8 Å². The summed E-state index contributed by atoms with van der Waals surface area (Å²) in [5, 5.41) is 0. The van der Waals surface area contributed by atoms with Crippen molar-refractivity contribution in [1.29, 1.82) is 0 Å². The molecule has 0 aromatic heterocycles. The van der Waals surface area contributed by atoms with E-state index in [0.717, 1.165) is 18.6 Å². The number of hydrogen-bond donors (Lipinski definition) is 2. The van der Waals surface area contributed by atoms with Gasteiger partial charge in [-0.05, 0) is 19.1 Å². The zero-order valence-corrected chi connectivity index (χ0v) is 8.21. The molecule has 2 nitrogen and oxygen atoms in total. The van der Waals surface area contributed by atoms with Gasteiger partial charge in [0.05, 0.1) is 0 Å². The van der Waals surface area contributed by atoms with Crippen LogP contribution in [0.25, 0.3) is 0 Å². The Hall–Kier alpha value is 0.01000. The molecular formula is C8H18N2S. The molecule has 0 heterocycles. The molecule has 0 saturated carbocycles. The summed E-state index contributed by atoms with van der Waals surface area (Å²) in [7, 11) is 0. The van der Waals surface area contributed by atoms with Crippen molar-refractivity contribution >= 4 is 11.8 Å². The fourth-order valence-electron chi connectivity index (χ4n) is 0.860. The van der Waals surface area contributed by atoms with E-state index in [1.54, 1.807) is 11.8 Å². The minimum Gasteiger partial charge on any atom is -0.271 e. The maximum Gasteiger partial charge on any atom is 0.0338 e. The average Bonchev–Trinajstić information content (AvgIpc) is 2.03. The van der Waals surface area contributed by atoms with Crippen molar-refractivity contribution in [3.63, 3.8) is 0 Å². The highest BCUT2D eigenvalue weighted by Gasteiger charge is 2.05. The summed E-state index contributed by atoms with van der Waals surface area (Å²) in [6.45, 7) is 6.06. The Balaban J connectivity index is 3.58. The van der Waals surface area contributed by atoms with Crippen molar-refractivity contribution in [3.05, 3.63) is 12.2 Å². The summed E-state index contributed by atoms with van der Waals surface area (Å²) in [5.41, 5.74) is 4.05. The van der Waals surface area contributed by atoms with Crippen LogP contribution < -0.4 is 11.3 Å². The maximum absolute atomic E-state index is 5.36. The van der Waals surface area contributed by atoms with E-state index in [1.807, 2.05) is 0 Å². The number of nitrogens with one attached hydrogen (secondary N) is 1. The molecule has 0 saturated heterocycles. The third-order valence-corrected chi connectivity index (χ3v) is 2.37. The van der Waals surface area contributed by atoms with Crippen molar-refractivity contribution in [1.82, 2.24) is 5.43 Å². The normalized spacial score (nSPS) is 13.0. The Morgan fingerprint density at radius 1 is 1.73 bits per heavy atom. The number of rotatable bonds is 6. The fourth-order valence-corrected chi connectivity index (χ4v) is 1.48. The van der Waals surface area contributed by atoms with Gasteiger partial charge >= 0.3 is 0 Å². The van der Waals surface area contributed by atoms with Crippen molar-refractivity contribution < 1.29 is 0 Å². The van der Waals surface area contributed by atoms with E-state index in [2.05, 4.69) is 25.2 Å². The van der Waals surface area contributed by atoms with Crippen LogP contribution in [0.5, 0.6) is 0 Å². The van der Waals surface area contributed by atoms with Crippen LogP contribution in [0.15, 0.2) is 12.2 Å². The monoisotopic (exact) mass is 174 g/mol. The molecule has 0 aromatic rings. The van der Waals surface area contributed by atoms with E-state index < -0.39 is 0 Å². The maximum atomic E-state index is 5.36. The highest BCUT2D eigenvalue weighted by Crippen LogP contribution is 2.09. The first-order valence-electron chi connectivity index (χ1n) is 3.86. The first kappa shape index (κ1) is 11.0. The molecule has 0 bridgehead atoms. The van der Waals surface area contributed by atoms with Crippen LogP contribution in [0.4, 0.5) is 0 Å². The molecule has 3 heteroatoms. The molecule has 0 spiro atoms. The second-order valence-corrected chi connectivity index (χ2v) is 3.54. The fraction of sp³-hybridized carbons (Fsp3) is 0.750. The standard InChI is InChI=1S/C8H18N2S/c1-4-7(2)5-8(10-9)6-11-3/h8,10H,2,4-6,9H2,1,3H3. The zero-order chi connectivity index (χ0) is 8.69. The first-order chi connectivity index (χ1) is 5.24. The molecule has 0 aliphatic carbocycles. The Morgan fingerprint density at radius 2 is 2.36 bits per heavy atom. The van der Waals surface area contributed by atoms with Crippen molar-refractivity contribution in [2.45, 2.75) is 25.8 Å². The van der Waals surface area contributed by atoms with E-state index >= 15 is 0 Å². The summed E-state index contributed by atoms with van der Waals surface area (Å²) in [6, 6.07) is 0.387. The predicted molar refractivity (Wildman–Crippen MR) is 53.5 cm³/mol. The molecule has 0 radical (unpaired) electrons. The Morgan fingerprint density at radius 3 is 2.73 bits per heavy atom. The smallest absolute Gasteiger partial charge is 0.0338 e. The quantitative estimate of drug-likeness (QED) is 0.364. The highest BCUT2D eigenvalue weighted by atomic mass is 32.2. The Labute approximate surface area is 73.6 Å². The summed E-state index contributed by atoms with van der Waals surface area (Å²) < 4.78 is 0. The van der Waals surface area contributed by atoms with Gasteiger partial charge in [0.1, 0.15) is 0 Å². The van der Waals surface area contributed by atoms with E-state index in [-0.39, 0.29) is 0 Å². The molecule has 1 unspecified atom stereocenters. The van der Waals surface area contributed by atoms with Gasteiger partial charge in [-0.15, -0.1) is 0 Å². The van der Waals surface area contributed by atoms with Crippen LogP contribution in [0, 0.1) is 0 Å². The zero-order valence-electron chi connectivity index (χ0n) is 7.39. The Bertz CT molecular complexity index is 115. The molecule has 0 aliphatic rings. The number of thioether (sulfide) groups is 1.